The summed E-state index contributed by atoms with van der Waals surface area (Å²) in [5.74, 6) is 0.253. The number of aromatic amines is 1. The molecule has 0 aliphatic heterocycles. The Balaban J connectivity index is 2.38. The van der Waals surface area contributed by atoms with E-state index >= 15 is 0 Å². The molecule has 9 nitrogen and oxygen atoms in total. The molecule has 1 aromatic carbocycles. The van der Waals surface area contributed by atoms with E-state index in [1.165, 1.54) is 9.47 Å². The van der Waals surface area contributed by atoms with Crippen molar-refractivity contribution in [3.8, 4) is 5.75 Å². The number of nitrogen functional groups attached to an aromatic ring is 1. The van der Waals surface area contributed by atoms with Crippen LogP contribution in [0.5, 0.6) is 5.75 Å². The van der Waals surface area contributed by atoms with Gasteiger partial charge in [-0.1, -0.05) is 39.0 Å². The van der Waals surface area contributed by atoms with Gasteiger partial charge in [-0.05, 0) is 30.4 Å². The number of methoxy groups -OCH3 is 1. The molecule has 0 bridgehead atoms. The van der Waals surface area contributed by atoms with Crippen LogP contribution in [-0.4, -0.2) is 42.3 Å². The highest BCUT2D eigenvalue weighted by Gasteiger charge is 2.25. The van der Waals surface area contributed by atoms with Crippen LogP contribution < -0.4 is 26.6 Å². The fraction of sp³-hybridized carbons (Fsp3) is 0.500. The lowest BCUT2D eigenvalue weighted by atomic mass is 10.1. The second-order valence-corrected chi connectivity index (χ2v) is 7.64. The van der Waals surface area contributed by atoms with E-state index in [-0.39, 0.29) is 30.6 Å². The quantitative estimate of drug-likeness (QED) is 0.523. The molecule has 0 spiro atoms. The van der Waals surface area contributed by atoms with Gasteiger partial charge in [-0.2, -0.15) is 0 Å². The number of ether oxygens (including phenoxy) is 2. The molecule has 9 heteroatoms. The van der Waals surface area contributed by atoms with Crippen LogP contribution in [0, 0.1) is 5.92 Å². The summed E-state index contributed by atoms with van der Waals surface area (Å²) in [7, 11) is 1.56. The van der Waals surface area contributed by atoms with Gasteiger partial charge in [-0.15, -0.1) is 0 Å². The van der Waals surface area contributed by atoms with Crippen LogP contribution in [0.2, 0.25) is 0 Å². The normalized spacial score (nSPS) is 11.0. The van der Waals surface area contributed by atoms with E-state index in [4.69, 9.17) is 15.2 Å². The zero-order valence-electron chi connectivity index (χ0n) is 18.6. The van der Waals surface area contributed by atoms with Crippen molar-refractivity contribution in [1.82, 2.24) is 9.55 Å². The van der Waals surface area contributed by atoms with E-state index in [0.717, 1.165) is 12.0 Å². The smallest absolute Gasteiger partial charge is 0.330 e. The van der Waals surface area contributed by atoms with Crippen LogP contribution in [0.3, 0.4) is 0 Å². The number of amides is 1. The molecular formula is C22H32N4O5. The number of para-hydroxylation sites is 1. The highest BCUT2D eigenvalue weighted by atomic mass is 16.5. The topological polar surface area (TPSA) is 120 Å². The van der Waals surface area contributed by atoms with E-state index in [1.54, 1.807) is 13.2 Å². The maximum atomic E-state index is 13.1. The number of hydrogen-bond acceptors (Lipinski definition) is 6. The number of H-pyrrole nitrogens is 1. The number of carbonyl (C=O) groups is 1. The Bertz CT molecular complexity index is 996. The maximum Gasteiger partial charge on any atom is 0.330 e. The molecule has 0 atom stereocenters. The van der Waals surface area contributed by atoms with Gasteiger partial charge in [-0.25, -0.2) is 4.79 Å². The third kappa shape index (κ3) is 6.21. The molecule has 0 fully saturated rings. The molecule has 31 heavy (non-hydrogen) atoms. The summed E-state index contributed by atoms with van der Waals surface area (Å²) >= 11 is 0. The molecule has 1 aromatic heterocycles. The van der Waals surface area contributed by atoms with Crippen molar-refractivity contribution in [3.63, 3.8) is 0 Å². The minimum Gasteiger partial charge on any atom is -0.483 e. The maximum absolute atomic E-state index is 13.1. The zero-order chi connectivity index (χ0) is 23.0. The molecule has 1 amide bonds. The van der Waals surface area contributed by atoms with Crippen molar-refractivity contribution in [3.05, 3.63) is 50.7 Å². The van der Waals surface area contributed by atoms with Gasteiger partial charge in [0.2, 0.25) is 0 Å². The average Bonchev–Trinajstić information content (AvgIpc) is 2.73. The van der Waals surface area contributed by atoms with Crippen molar-refractivity contribution in [2.45, 2.75) is 40.2 Å². The number of hydrogen-bond donors (Lipinski definition) is 2. The Hall–Kier alpha value is -3.07. The first kappa shape index (κ1) is 24.2. The SMILES string of the molecule is CCc1ccccc1OCC(=O)N(CCCOC)c1c(N)n(CC(C)C)c(=O)[nH]c1=O. The van der Waals surface area contributed by atoms with Crippen LogP contribution in [0.25, 0.3) is 0 Å². The number of anilines is 2. The molecule has 0 radical (unpaired) electrons. The van der Waals surface area contributed by atoms with E-state index in [2.05, 4.69) is 4.98 Å². The molecule has 0 saturated carbocycles. The minimum absolute atomic E-state index is 0.0397. The first-order valence-corrected chi connectivity index (χ1v) is 10.4. The van der Waals surface area contributed by atoms with Crippen LogP contribution in [-0.2, 0) is 22.5 Å². The average molecular weight is 433 g/mol. The molecule has 0 aliphatic carbocycles. The number of aryl methyl sites for hydroxylation is 1. The van der Waals surface area contributed by atoms with Crippen LogP contribution in [0.1, 0.15) is 32.8 Å². The molecular weight excluding hydrogens is 400 g/mol. The Labute approximate surface area is 181 Å². The molecule has 0 unspecified atom stereocenters. The lowest BCUT2D eigenvalue weighted by Gasteiger charge is -2.25. The second-order valence-electron chi connectivity index (χ2n) is 7.64. The van der Waals surface area contributed by atoms with Crippen molar-refractivity contribution in [2.75, 3.05) is 37.5 Å². The Morgan fingerprint density at radius 3 is 2.61 bits per heavy atom. The van der Waals surface area contributed by atoms with Gasteiger partial charge in [0.05, 0.1) is 0 Å². The predicted octanol–water partition coefficient (Wildman–Crippen LogP) is 1.79. The van der Waals surface area contributed by atoms with Crippen molar-refractivity contribution in [2.24, 2.45) is 5.92 Å². The van der Waals surface area contributed by atoms with E-state index in [1.807, 2.05) is 39.0 Å². The number of aromatic nitrogens is 2. The number of nitrogens with zero attached hydrogens (tertiary/aromatic N) is 2. The van der Waals surface area contributed by atoms with Gasteiger partial charge in [0, 0.05) is 26.8 Å². The molecule has 0 aliphatic rings. The summed E-state index contributed by atoms with van der Waals surface area (Å²) in [5.41, 5.74) is 5.83. The molecule has 2 rings (SSSR count). The highest BCUT2D eigenvalue weighted by molar-refractivity contribution is 5.96. The summed E-state index contributed by atoms with van der Waals surface area (Å²) in [4.78, 5) is 41.6. The van der Waals surface area contributed by atoms with Gasteiger partial charge in [0.25, 0.3) is 11.5 Å². The number of rotatable bonds is 11. The largest absolute Gasteiger partial charge is 0.483 e. The Morgan fingerprint density at radius 2 is 1.97 bits per heavy atom. The third-order valence-electron chi connectivity index (χ3n) is 4.77. The van der Waals surface area contributed by atoms with Gasteiger partial charge in [0.15, 0.2) is 12.3 Å². The van der Waals surface area contributed by atoms with E-state index < -0.39 is 17.2 Å². The Kier molecular flexibility index (Phi) is 8.87. The standard InChI is InChI=1S/C22H32N4O5/c1-5-16-9-6-7-10-17(16)31-14-18(27)25(11-8-12-30-4)19-20(23)26(13-15(2)3)22(29)24-21(19)28/h6-7,9-10,15H,5,8,11-14,23H2,1-4H3,(H,24,28,29). The number of nitrogens with two attached hydrogens (primary N) is 1. The summed E-state index contributed by atoms with van der Waals surface area (Å²) in [5, 5.41) is 0. The fourth-order valence-corrected chi connectivity index (χ4v) is 3.27. The summed E-state index contributed by atoms with van der Waals surface area (Å²) in [6.45, 7) is 6.49. The summed E-state index contributed by atoms with van der Waals surface area (Å²) < 4.78 is 12.1. The summed E-state index contributed by atoms with van der Waals surface area (Å²) in [6, 6.07) is 7.47. The molecule has 170 valence electrons. The molecule has 1 heterocycles. The second kappa shape index (κ2) is 11.4. The monoisotopic (exact) mass is 432 g/mol. The third-order valence-corrected chi connectivity index (χ3v) is 4.77. The highest BCUT2D eigenvalue weighted by Crippen LogP contribution is 2.21. The number of benzene rings is 1. The van der Waals surface area contributed by atoms with Crippen LogP contribution >= 0.6 is 0 Å². The molecule has 0 saturated heterocycles. The molecule has 3 N–H and O–H groups in total. The predicted molar refractivity (Wildman–Crippen MR) is 121 cm³/mol. The number of carbonyl (C=O) groups excluding carboxylic acids is 1. The lowest BCUT2D eigenvalue weighted by Crippen LogP contribution is -2.43. The van der Waals surface area contributed by atoms with Crippen LogP contribution in [0.4, 0.5) is 11.5 Å². The summed E-state index contributed by atoms with van der Waals surface area (Å²) in [6.07, 6.45) is 1.24. The lowest BCUT2D eigenvalue weighted by molar-refractivity contribution is -0.120. The van der Waals surface area contributed by atoms with Gasteiger partial charge < -0.3 is 20.1 Å². The Morgan fingerprint density at radius 1 is 1.26 bits per heavy atom. The zero-order valence-corrected chi connectivity index (χ0v) is 18.6. The molecule has 2 aromatic rings. The van der Waals surface area contributed by atoms with Gasteiger partial charge in [0.1, 0.15) is 11.6 Å². The van der Waals surface area contributed by atoms with Gasteiger partial charge >= 0.3 is 5.69 Å². The fourth-order valence-electron chi connectivity index (χ4n) is 3.27. The van der Waals surface area contributed by atoms with Crippen LogP contribution in [0.15, 0.2) is 33.9 Å². The van der Waals surface area contributed by atoms with Crippen molar-refractivity contribution >= 4 is 17.4 Å². The first-order valence-electron chi connectivity index (χ1n) is 10.4. The number of nitrogens with one attached hydrogen (secondary N) is 1. The van der Waals surface area contributed by atoms with Crippen molar-refractivity contribution in [1.29, 1.82) is 0 Å². The van der Waals surface area contributed by atoms with E-state index in [0.29, 0.717) is 25.3 Å². The minimum atomic E-state index is -0.706. The van der Waals surface area contributed by atoms with E-state index in [9.17, 15) is 14.4 Å². The van der Waals surface area contributed by atoms with Gasteiger partial charge in [-0.3, -0.25) is 19.1 Å². The first-order chi connectivity index (χ1) is 14.8. The van der Waals surface area contributed by atoms with Crippen molar-refractivity contribution < 1.29 is 14.3 Å².